The number of benzene rings is 8. The molecule has 0 unspecified atom stereocenters. The van der Waals surface area contributed by atoms with Gasteiger partial charge in [-0.15, -0.1) is 30.7 Å². The highest BCUT2D eigenvalue weighted by molar-refractivity contribution is 7.86. The van der Waals surface area contributed by atoms with Crippen LogP contribution >= 0.6 is 0 Å². The Morgan fingerprint density at radius 2 is 0.561 bits per heavy atom. The fourth-order valence-corrected chi connectivity index (χ4v) is 9.67. The van der Waals surface area contributed by atoms with Gasteiger partial charge in [-0.1, -0.05) is 84.9 Å². The van der Waals surface area contributed by atoms with Crippen molar-refractivity contribution in [3.8, 4) is 22.6 Å². The molecule has 0 spiro atoms. The van der Waals surface area contributed by atoms with Gasteiger partial charge in [-0.25, -0.2) is 0 Å². The van der Waals surface area contributed by atoms with Crippen LogP contribution in [0.15, 0.2) is 184 Å². The van der Waals surface area contributed by atoms with Gasteiger partial charge in [0.1, 0.15) is 42.3 Å². The lowest BCUT2D eigenvalue weighted by Crippen LogP contribution is -2.00. The first-order valence-electron chi connectivity index (χ1n) is 18.5. The van der Waals surface area contributed by atoms with E-state index in [1.807, 2.05) is 0 Å². The second-order valence-electron chi connectivity index (χ2n) is 14.1. The van der Waals surface area contributed by atoms with Crippen LogP contribution in [-0.2, 0) is 40.5 Å². The van der Waals surface area contributed by atoms with Crippen LogP contribution in [0.4, 0.5) is 34.1 Å². The van der Waals surface area contributed by atoms with Crippen molar-refractivity contribution < 1.29 is 62.1 Å². The van der Waals surface area contributed by atoms with Crippen LogP contribution in [0.25, 0.3) is 43.4 Å². The minimum absolute atomic E-state index is 0.00116. The lowest BCUT2D eigenvalue weighted by atomic mass is 10.0. The molecule has 0 radical (unpaired) electrons. The van der Waals surface area contributed by atoms with Gasteiger partial charge in [-0.2, -0.15) is 33.7 Å². The number of aromatic hydroxyl groups is 2. The van der Waals surface area contributed by atoms with Gasteiger partial charge in [-0.3, -0.25) is 18.2 Å². The molecule has 0 bridgehead atoms. The maximum Gasteiger partial charge on any atom is 0.296 e. The SMILES string of the molecule is O=S(=O)(O)c1cc(-c2ccc(N=Nc3ccc(N=Nc4cc(S(=O)(=O)O)c5ccccc5c4O)c4ccccc34)c(S(=O)(=O)O)c2)ccc1N=Nc1cc(S(=O)(=O)O)c2ccccc2c1O. The van der Waals surface area contributed by atoms with Crippen LogP contribution in [0.3, 0.4) is 0 Å². The highest BCUT2D eigenvalue weighted by Crippen LogP contribution is 2.43. The van der Waals surface area contributed by atoms with Crippen molar-refractivity contribution in [1.82, 2.24) is 0 Å². The summed E-state index contributed by atoms with van der Waals surface area (Å²) >= 11 is 0. The Morgan fingerprint density at radius 3 is 0.894 bits per heavy atom. The smallest absolute Gasteiger partial charge is 0.296 e. The van der Waals surface area contributed by atoms with Gasteiger partial charge in [0, 0.05) is 32.3 Å². The zero-order valence-electron chi connectivity index (χ0n) is 33.0. The van der Waals surface area contributed by atoms with Gasteiger partial charge in [0.2, 0.25) is 0 Å². The minimum atomic E-state index is -5.09. The first-order valence-corrected chi connectivity index (χ1v) is 24.3. The summed E-state index contributed by atoms with van der Waals surface area (Å²) < 4.78 is 139. The standard InChI is InChI=1S/C42H28N6O14S4/c49-41-29-11-5-3-9-27(29)37(63(51,52)53)21-35(41)47-44-32-18-17-31(25-7-1-2-8-26(25)32)43-45-33-15-13-23(19-39(33)65(57,58)59)24-14-16-34(40(20-24)66(60,61)62)46-48-36-22-38(64(54,55)56)28-10-4-6-12-30(28)42(36)50/h1-22,49-50H,(H,51,52,53)(H,54,55,56)(H,57,58,59)(H,60,61,62). The normalized spacial score (nSPS) is 13.0. The molecule has 0 saturated carbocycles. The second-order valence-corrected chi connectivity index (χ2v) is 19.7. The van der Waals surface area contributed by atoms with Crippen molar-refractivity contribution in [2.24, 2.45) is 30.7 Å². The van der Waals surface area contributed by atoms with E-state index in [9.17, 15) is 62.1 Å². The first-order chi connectivity index (χ1) is 31.1. The molecule has 0 aliphatic rings. The van der Waals surface area contributed by atoms with Crippen LogP contribution in [0, 0.1) is 0 Å². The van der Waals surface area contributed by atoms with E-state index in [0.717, 1.165) is 30.3 Å². The summed E-state index contributed by atoms with van der Waals surface area (Å²) in [7, 11) is -19.7. The van der Waals surface area contributed by atoms with E-state index in [-0.39, 0.29) is 55.4 Å². The largest absolute Gasteiger partial charge is 0.505 e. The number of phenols is 2. The van der Waals surface area contributed by atoms with E-state index in [1.54, 1.807) is 30.3 Å². The van der Waals surface area contributed by atoms with E-state index in [0.29, 0.717) is 10.8 Å². The number of azo groups is 3. The van der Waals surface area contributed by atoms with Crippen molar-refractivity contribution in [3.05, 3.63) is 133 Å². The Kier molecular flexibility index (Phi) is 11.5. The third kappa shape index (κ3) is 8.97. The molecule has 0 aromatic heterocycles. The molecule has 20 nitrogen and oxygen atoms in total. The fraction of sp³-hybridized carbons (Fsp3) is 0. The van der Waals surface area contributed by atoms with Gasteiger partial charge in [0.25, 0.3) is 40.5 Å². The summed E-state index contributed by atoms with van der Waals surface area (Å²) in [5, 5.41) is 46.8. The summed E-state index contributed by atoms with van der Waals surface area (Å²) in [6, 6.07) is 29.6. The lowest BCUT2D eigenvalue weighted by molar-refractivity contribution is 0.477. The molecule has 8 rings (SSSR count). The Balaban J connectivity index is 1.13. The van der Waals surface area contributed by atoms with E-state index < -0.39 is 82.9 Å². The summed E-state index contributed by atoms with van der Waals surface area (Å²) in [6.07, 6.45) is 0. The highest BCUT2D eigenvalue weighted by Gasteiger charge is 2.23. The predicted octanol–water partition coefficient (Wildman–Crippen LogP) is 10.5. The average molecular weight is 969 g/mol. The molecule has 0 heterocycles. The molecule has 0 fully saturated rings. The summed E-state index contributed by atoms with van der Waals surface area (Å²) in [5.74, 6) is -0.954. The van der Waals surface area contributed by atoms with Gasteiger partial charge < -0.3 is 10.2 Å². The molecule has 334 valence electrons. The van der Waals surface area contributed by atoms with Crippen LogP contribution in [0.1, 0.15) is 0 Å². The van der Waals surface area contributed by atoms with Gasteiger partial charge >= 0.3 is 0 Å². The number of hydrogen-bond donors (Lipinski definition) is 6. The highest BCUT2D eigenvalue weighted by atomic mass is 32.2. The molecule has 0 saturated heterocycles. The van der Waals surface area contributed by atoms with Gasteiger partial charge in [-0.05, 0) is 59.7 Å². The molecule has 8 aromatic rings. The Morgan fingerprint density at radius 1 is 0.288 bits per heavy atom. The maximum absolute atomic E-state index is 12.7. The molecule has 0 aliphatic heterocycles. The average Bonchev–Trinajstić information content (AvgIpc) is 3.26. The topological polar surface area (TPSA) is 332 Å². The third-order valence-corrected chi connectivity index (χ3v) is 13.5. The molecular formula is C42H28N6O14S4. The first kappa shape index (κ1) is 45.2. The second kappa shape index (κ2) is 16.9. The molecule has 24 heteroatoms. The van der Waals surface area contributed by atoms with E-state index in [2.05, 4.69) is 30.7 Å². The molecule has 8 aromatic carbocycles. The fourth-order valence-electron chi connectivity index (χ4n) is 6.94. The summed E-state index contributed by atoms with van der Waals surface area (Å²) in [5.41, 5.74) is -1.20. The summed E-state index contributed by atoms with van der Waals surface area (Å²) in [6.45, 7) is 0. The van der Waals surface area contributed by atoms with Crippen LogP contribution in [-0.4, -0.2) is 62.1 Å². The number of phenolic OH excluding ortho intramolecular Hbond substituents is 2. The molecule has 6 N–H and O–H groups in total. The van der Waals surface area contributed by atoms with Crippen molar-refractivity contribution >= 4 is 107 Å². The molecular weight excluding hydrogens is 941 g/mol. The molecule has 0 atom stereocenters. The number of hydrogen-bond acceptors (Lipinski definition) is 16. The minimum Gasteiger partial charge on any atom is -0.505 e. The van der Waals surface area contributed by atoms with Crippen molar-refractivity contribution in [3.63, 3.8) is 0 Å². The Hall–Kier alpha value is -7.42. The third-order valence-electron chi connectivity index (χ3n) is 9.96. The van der Waals surface area contributed by atoms with E-state index >= 15 is 0 Å². The van der Waals surface area contributed by atoms with Crippen LogP contribution in [0.2, 0.25) is 0 Å². The lowest BCUT2D eigenvalue weighted by Gasteiger charge is -2.10. The number of rotatable bonds is 11. The summed E-state index contributed by atoms with van der Waals surface area (Å²) in [4.78, 5) is -2.72. The van der Waals surface area contributed by atoms with Crippen LogP contribution < -0.4 is 0 Å². The van der Waals surface area contributed by atoms with E-state index in [1.165, 1.54) is 72.8 Å². The van der Waals surface area contributed by atoms with Crippen molar-refractivity contribution in [1.29, 1.82) is 0 Å². The number of fused-ring (bicyclic) bond motifs is 3. The van der Waals surface area contributed by atoms with Gasteiger partial charge in [0.05, 0.1) is 11.4 Å². The van der Waals surface area contributed by atoms with Crippen LogP contribution in [0.5, 0.6) is 11.5 Å². The Bertz CT molecular complexity index is 3920. The molecule has 0 amide bonds. The quantitative estimate of drug-likeness (QED) is 0.0519. The molecule has 0 aliphatic carbocycles. The van der Waals surface area contributed by atoms with Gasteiger partial charge in [0.15, 0.2) is 11.5 Å². The molecule has 66 heavy (non-hydrogen) atoms. The van der Waals surface area contributed by atoms with Crippen molar-refractivity contribution in [2.45, 2.75) is 19.6 Å². The zero-order chi connectivity index (χ0) is 47.3. The Labute approximate surface area is 373 Å². The van der Waals surface area contributed by atoms with Crippen molar-refractivity contribution in [2.75, 3.05) is 0 Å². The number of nitrogens with zero attached hydrogens (tertiary/aromatic N) is 6. The van der Waals surface area contributed by atoms with E-state index in [4.69, 9.17) is 0 Å². The predicted molar refractivity (Wildman–Crippen MR) is 239 cm³/mol. The zero-order valence-corrected chi connectivity index (χ0v) is 36.2. The monoisotopic (exact) mass is 968 g/mol. The maximum atomic E-state index is 12.7.